The molecule has 1 atom stereocenters. The monoisotopic (exact) mass is 234 g/mol. The van der Waals surface area contributed by atoms with Crippen molar-refractivity contribution in [3.05, 3.63) is 34.6 Å². The number of halogens is 3. The Morgan fingerprint density at radius 1 is 1.57 bits per heavy atom. The quantitative estimate of drug-likeness (QED) is 0.856. The van der Waals surface area contributed by atoms with Crippen LogP contribution in [0.15, 0.2) is 18.2 Å². The van der Waals surface area contributed by atoms with Crippen LogP contribution in [0.3, 0.4) is 0 Å². The van der Waals surface area contributed by atoms with Crippen LogP contribution in [-0.2, 0) is 0 Å². The van der Waals surface area contributed by atoms with Crippen LogP contribution in [0.5, 0.6) is 0 Å². The Bertz CT molecular complexity index is 349. The third-order valence-electron chi connectivity index (χ3n) is 1.68. The summed E-state index contributed by atoms with van der Waals surface area (Å²) in [7, 11) is 0. The minimum absolute atomic E-state index is 0. The summed E-state index contributed by atoms with van der Waals surface area (Å²) < 4.78 is 12.7. The molecule has 0 aliphatic heterocycles. The first-order valence-electron chi connectivity index (χ1n) is 3.72. The number of hydrogen-bond acceptors (Lipinski definition) is 2. The fourth-order valence-electron chi connectivity index (χ4n) is 0.959. The molecule has 1 rings (SSSR count). The first-order chi connectivity index (χ1) is 6.15. The maximum absolute atomic E-state index is 12.7. The number of nitrogens with zero attached hydrogens (tertiary/aromatic N) is 1. The van der Waals surface area contributed by atoms with E-state index in [0.717, 1.165) is 0 Å². The van der Waals surface area contributed by atoms with Gasteiger partial charge in [0.15, 0.2) is 0 Å². The van der Waals surface area contributed by atoms with E-state index in [2.05, 4.69) is 0 Å². The van der Waals surface area contributed by atoms with Gasteiger partial charge in [0.1, 0.15) is 5.82 Å². The molecule has 0 saturated heterocycles. The van der Waals surface area contributed by atoms with Gasteiger partial charge in [0, 0.05) is 6.04 Å². The van der Waals surface area contributed by atoms with Crippen molar-refractivity contribution in [2.24, 2.45) is 5.73 Å². The van der Waals surface area contributed by atoms with Crippen molar-refractivity contribution in [2.45, 2.75) is 12.5 Å². The number of benzene rings is 1. The van der Waals surface area contributed by atoms with E-state index in [-0.39, 0.29) is 23.9 Å². The van der Waals surface area contributed by atoms with Crippen LogP contribution in [0.4, 0.5) is 4.39 Å². The van der Waals surface area contributed by atoms with Gasteiger partial charge in [0.2, 0.25) is 0 Å². The normalized spacial score (nSPS) is 11.3. The fraction of sp³-hybridized carbons (Fsp3) is 0.222. The van der Waals surface area contributed by atoms with E-state index in [1.807, 2.05) is 6.07 Å². The zero-order chi connectivity index (χ0) is 9.84. The minimum Gasteiger partial charge on any atom is -0.323 e. The van der Waals surface area contributed by atoms with Crippen molar-refractivity contribution in [1.29, 1.82) is 5.26 Å². The van der Waals surface area contributed by atoms with Gasteiger partial charge < -0.3 is 5.73 Å². The molecule has 14 heavy (non-hydrogen) atoms. The molecule has 0 unspecified atom stereocenters. The van der Waals surface area contributed by atoms with Crippen molar-refractivity contribution in [2.75, 3.05) is 0 Å². The maximum Gasteiger partial charge on any atom is 0.141 e. The molecule has 0 saturated carbocycles. The highest BCUT2D eigenvalue weighted by molar-refractivity contribution is 6.30. The molecule has 0 amide bonds. The first kappa shape index (κ1) is 13.2. The smallest absolute Gasteiger partial charge is 0.141 e. The highest BCUT2D eigenvalue weighted by Gasteiger charge is 2.07. The van der Waals surface area contributed by atoms with E-state index in [1.54, 1.807) is 0 Å². The third kappa shape index (κ3) is 3.15. The largest absolute Gasteiger partial charge is 0.323 e. The van der Waals surface area contributed by atoms with Gasteiger partial charge >= 0.3 is 0 Å². The molecular weight excluding hydrogens is 226 g/mol. The zero-order valence-electron chi connectivity index (χ0n) is 7.21. The fourth-order valence-corrected chi connectivity index (χ4v) is 1.15. The lowest BCUT2D eigenvalue weighted by atomic mass is 10.1. The average Bonchev–Trinajstić information content (AvgIpc) is 2.10. The van der Waals surface area contributed by atoms with Crippen molar-refractivity contribution in [1.82, 2.24) is 0 Å². The Morgan fingerprint density at radius 2 is 2.21 bits per heavy atom. The second-order valence-corrected chi connectivity index (χ2v) is 3.05. The molecule has 76 valence electrons. The third-order valence-corrected chi connectivity index (χ3v) is 1.97. The Morgan fingerprint density at radius 3 is 2.71 bits per heavy atom. The summed E-state index contributed by atoms with van der Waals surface area (Å²) >= 11 is 5.54. The van der Waals surface area contributed by atoms with Crippen LogP contribution >= 0.6 is 24.0 Å². The summed E-state index contributed by atoms with van der Waals surface area (Å²) in [6.45, 7) is 0. The van der Waals surface area contributed by atoms with Crippen LogP contribution in [-0.4, -0.2) is 0 Å². The molecule has 2 nitrogen and oxygen atoms in total. The lowest BCUT2D eigenvalue weighted by Crippen LogP contribution is -2.09. The summed E-state index contributed by atoms with van der Waals surface area (Å²) in [6.07, 6.45) is 0.196. The standard InChI is InChI=1S/C9H8ClFN2.ClH/c10-7-5-6(1-2-8(7)11)9(13)3-4-12;/h1-2,5,9H,3,13H2;1H/t9-;/m1./s1. The topological polar surface area (TPSA) is 49.8 Å². The molecule has 2 N–H and O–H groups in total. The molecule has 5 heteroatoms. The highest BCUT2D eigenvalue weighted by atomic mass is 35.5. The molecular formula is C9H9Cl2FN2. The predicted molar refractivity (Wildman–Crippen MR) is 55.8 cm³/mol. The van der Waals surface area contributed by atoms with Crippen molar-refractivity contribution in [3.63, 3.8) is 0 Å². The molecule has 0 aliphatic rings. The van der Waals surface area contributed by atoms with Crippen LogP contribution in [0, 0.1) is 17.1 Å². The summed E-state index contributed by atoms with van der Waals surface area (Å²) in [5, 5.41) is 8.42. The van der Waals surface area contributed by atoms with Crippen molar-refractivity contribution >= 4 is 24.0 Å². The van der Waals surface area contributed by atoms with E-state index in [0.29, 0.717) is 5.56 Å². The van der Waals surface area contributed by atoms with Crippen LogP contribution in [0.2, 0.25) is 5.02 Å². The Balaban J connectivity index is 0.00000169. The second-order valence-electron chi connectivity index (χ2n) is 2.64. The van der Waals surface area contributed by atoms with Gasteiger partial charge in [0.05, 0.1) is 17.5 Å². The molecule has 1 aromatic rings. The second kappa shape index (κ2) is 5.82. The summed E-state index contributed by atoms with van der Waals surface area (Å²) in [6, 6.07) is 5.76. The summed E-state index contributed by atoms with van der Waals surface area (Å²) in [5.41, 5.74) is 6.29. The van der Waals surface area contributed by atoms with Gasteiger partial charge in [-0.3, -0.25) is 0 Å². The molecule has 0 radical (unpaired) electrons. The number of nitrogens with two attached hydrogens (primary N) is 1. The molecule has 0 fully saturated rings. The highest BCUT2D eigenvalue weighted by Crippen LogP contribution is 2.20. The van der Waals surface area contributed by atoms with Gasteiger partial charge in [-0.25, -0.2) is 4.39 Å². The van der Waals surface area contributed by atoms with Crippen molar-refractivity contribution in [3.8, 4) is 6.07 Å². The SMILES string of the molecule is Cl.N#CC[C@@H](N)c1ccc(F)c(Cl)c1. The molecule has 0 bridgehead atoms. The Hall–Kier alpha value is -0.820. The minimum atomic E-state index is -0.477. The van der Waals surface area contributed by atoms with E-state index in [9.17, 15) is 4.39 Å². The van der Waals surface area contributed by atoms with Gasteiger partial charge in [0.25, 0.3) is 0 Å². The maximum atomic E-state index is 12.7. The van der Waals surface area contributed by atoms with Crippen molar-refractivity contribution < 1.29 is 4.39 Å². The van der Waals surface area contributed by atoms with Crippen LogP contribution in [0.1, 0.15) is 18.0 Å². The predicted octanol–water partition coefficient (Wildman–Crippen LogP) is 2.81. The van der Waals surface area contributed by atoms with E-state index >= 15 is 0 Å². The van der Waals surface area contributed by atoms with E-state index in [4.69, 9.17) is 22.6 Å². The van der Waals surface area contributed by atoms with Gasteiger partial charge in [-0.1, -0.05) is 17.7 Å². The first-order valence-corrected chi connectivity index (χ1v) is 4.10. The lowest BCUT2D eigenvalue weighted by molar-refractivity contribution is 0.625. The van der Waals surface area contributed by atoms with Gasteiger partial charge in [-0.05, 0) is 17.7 Å². The number of nitriles is 1. The van der Waals surface area contributed by atoms with Gasteiger partial charge in [-0.2, -0.15) is 5.26 Å². The molecule has 0 heterocycles. The molecule has 0 aliphatic carbocycles. The molecule has 1 aromatic carbocycles. The number of rotatable bonds is 2. The van der Waals surface area contributed by atoms with Gasteiger partial charge in [-0.15, -0.1) is 12.4 Å². The van der Waals surface area contributed by atoms with Crippen LogP contribution in [0.25, 0.3) is 0 Å². The molecule has 0 aromatic heterocycles. The van der Waals surface area contributed by atoms with Crippen LogP contribution < -0.4 is 5.73 Å². The van der Waals surface area contributed by atoms with E-state index in [1.165, 1.54) is 18.2 Å². The molecule has 0 spiro atoms. The summed E-state index contributed by atoms with van der Waals surface area (Å²) in [5.74, 6) is -0.477. The lowest BCUT2D eigenvalue weighted by Gasteiger charge is -2.07. The average molecular weight is 235 g/mol. The zero-order valence-corrected chi connectivity index (χ0v) is 8.78. The number of hydrogen-bond donors (Lipinski definition) is 1. The Kier molecular flexibility index (Phi) is 5.47. The van der Waals surface area contributed by atoms with E-state index < -0.39 is 11.9 Å². The summed E-state index contributed by atoms with van der Waals surface area (Å²) in [4.78, 5) is 0. The Labute approximate surface area is 92.9 Å².